The van der Waals surface area contributed by atoms with E-state index in [4.69, 9.17) is 9.47 Å². The maximum absolute atomic E-state index is 12.7. The Morgan fingerprint density at radius 3 is 2.78 bits per heavy atom. The topological polar surface area (TPSA) is 114 Å². The molecule has 9 nitrogen and oxygen atoms in total. The summed E-state index contributed by atoms with van der Waals surface area (Å²) in [5.41, 5.74) is 1.53. The molecule has 0 spiro atoms. The zero-order chi connectivity index (χ0) is 23.3. The molecule has 1 aromatic carbocycles. The van der Waals surface area contributed by atoms with Crippen molar-refractivity contribution >= 4 is 23.8 Å². The zero-order valence-electron chi connectivity index (χ0n) is 18.4. The molecule has 0 aliphatic carbocycles. The van der Waals surface area contributed by atoms with E-state index in [9.17, 15) is 19.2 Å². The van der Waals surface area contributed by atoms with E-state index in [2.05, 4.69) is 22.5 Å². The van der Waals surface area contributed by atoms with Crippen molar-refractivity contribution in [1.82, 2.24) is 15.5 Å². The average Bonchev–Trinajstić information content (AvgIpc) is 3.01. The number of alkyl carbamates (subject to hydrolysis) is 1. The van der Waals surface area contributed by atoms with Crippen LogP contribution in [-0.4, -0.2) is 60.1 Å². The summed E-state index contributed by atoms with van der Waals surface area (Å²) >= 11 is 0. The van der Waals surface area contributed by atoms with Crippen molar-refractivity contribution in [2.24, 2.45) is 0 Å². The van der Waals surface area contributed by atoms with E-state index in [0.29, 0.717) is 31.7 Å². The number of imide groups is 1. The van der Waals surface area contributed by atoms with Crippen LogP contribution in [-0.2, 0) is 25.6 Å². The number of nitrogens with one attached hydrogen (secondary N) is 2. The Bertz CT molecular complexity index is 986. The van der Waals surface area contributed by atoms with Crippen molar-refractivity contribution in [3.63, 3.8) is 0 Å². The molecule has 2 N–H and O–H groups in total. The van der Waals surface area contributed by atoms with Crippen LogP contribution in [0.15, 0.2) is 18.2 Å². The first kappa shape index (κ1) is 23.3. The minimum atomic E-state index is -0.634. The fourth-order valence-corrected chi connectivity index (χ4v) is 3.45. The van der Waals surface area contributed by atoms with Crippen LogP contribution in [0.4, 0.5) is 4.79 Å². The van der Waals surface area contributed by atoms with Gasteiger partial charge in [-0.1, -0.05) is 11.8 Å². The first-order valence-electron chi connectivity index (χ1n) is 10.4. The molecule has 4 amide bonds. The summed E-state index contributed by atoms with van der Waals surface area (Å²) in [7, 11) is 0. The predicted molar refractivity (Wildman–Crippen MR) is 114 cm³/mol. The Morgan fingerprint density at radius 2 is 2.06 bits per heavy atom. The van der Waals surface area contributed by atoms with E-state index in [-0.39, 0.29) is 24.8 Å². The van der Waals surface area contributed by atoms with E-state index < -0.39 is 23.6 Å². The lowest BCUT2D eigenvalue weighted by Gasteiger charge is -2.29. The predicted octanol–water partition coefficient (Wildman–Crippen LogP) is 1.34. The average molecular weight is 441 g/mol. The lowest BCUT2D eigenvalue weighted by Crippen LogP contribution is -2.52. The Morgan fingerprint density at radius 1 is 1.28 bits per heavy atom. The molecule has 32 heavy (non-hydrogen) atoms. The van der Waals surface area contributed by atoms with Gasteiger partial charge in [0.15, 0.2) is 0 Å². The molecule has 9 heteroatoms. The molecule has 1 atom stereocenters. The number of hydrogen-bond acceptors (Lipinski definition) is 6. The van der Waals surface area contributed by atoms with Crippen molar-refractivity contribution in [3.05, 3.63) is 34.9 Å². The van der Waals surface area contributed by atoms with Crippen molar-refractivity contribution in [3.8, 4) is 11.8 Å². The summed E-state index contributed by atoms with van der Waals surface area (Å²) in [6, 6.07) is 4.65. The Hall–Kier alpha value is -3.38. The molecule has 0 bridgehead atoms. The molecule has 170 valence electrons. The summed E-state index contributed by atoms with van der Waals surface area (Å²) in [5, 5.41) is 4.89. The fraction of sp³-hybridized carbons (Fsp3) is 0.478. The number of rotatable bonds is 5. The highest BCUT2D eigenvalue weighted by molar-refractivity contribution is 6.05. The lowest BCUT2D eigenvalue weighted by molar-refractivity contribution is -0.136. The molecule has 0 aromatic heterocycles. The van der Waals surface area contributed by atoms with Crippen LogP contribution in [0.5, 0.6) is 0 Å². The summed E-state index contributed by atoms with van der Waals surface area (Å²) in [6.07, 6.45) is 0.0591. The third kappa shape index (κ3) is 6.08. The van der Waals surface area contributed by atoms with Gasteiger partial charge in [-0.25, -0.2) is 4.79 Å². The standard InChI is InChI=1S/C23H27N3O6/c1-23(2,3)32-22(30)24-10-12-31-11-4-5-15-6-7-17-16(13-15)14-26(21(17)29)18-8-9-19(27)25-20(18)28/h6-7,13,18H,8-12,14H2,1-3H3,(H,24,30)(H,25,27,28). The van der Waals surface area contributed by atoms with Crippen LogP contribution in [0, 0.1) is 11.8 Å². The van der Waals surface area contributed by atoms with E-state index in [1.54, 1.807) is 32.9 Å². The number of benzene rings is 1. The largest absolute Gasteiger partial charge is 0.444 e. The molecule has 0 saturated carbocycles. The quantitative estimate of drug-likeness (QED) is 0.405. The van der Waals surface area contributed by atoms with E-state index in [1.165, 1.54) is 4.90 Å². The van der Waals surface area contributed by atoms with Crippen LogP contribution in [0.25, 0.3) is 0 Å². The number of fused-ring (bicyclic) bond motifs is 1. The summed E-state index contributed by atoms with van der Waals surface area (Å²) in [5.74, 6) is 4.94. The van der Waals surface area contributed by atoms with Gasteiger partial charge in [-0.3, -0.25) is 19.7 Å². The maximum Gasteiger partial charge on any atom is 0.407 e. The molecular formula is C23H27N3O6. The van der Waals surface area contributed by atoms with Gasteiger partial charge in [-0.15, -0.1) is 0 Å². The third-order valence-corrected chi connectivity index (χ3v) is 4.85. The number of piperidine rings is 1. The molecular weight excluding hydrogens is 414 g/mol. The number of carbonyl (C=O) groups excluding carboxylic acids is 4. The first-order chi connectivity index (χ1) is 15.1. The van der Waals surface area contributed by atoms with Crippen LogP contribution >= 0.6 is 0 Å². The van der Waals surface area contributed by atoms with Gasteiger partial charge in [-0.2, -0.15) is 0 Å². The molecule has 2 aliphatic heterocycles. The van der Waals surface area contributed by atoms with Crippen molar-refractivity contribution < 1.29 is 28.7 Å². The molecule has 1 fully saturated rings. The summed E-state index contributed by atoms with van der Waals surface area (Å²) < 4.78 is 10.5. The fourth-order valence-electron chi connectivity index (χ4n) is 3.45. The Balaban J connectivity index is 1.47. The van der Waals surface area contributed by atoms with E-state index >= 15 is 0 Å². The van der Waals surface area contributed by atoms with Gasteiger partial charge in [0.05, 0.1) is 6.61 Å². The van der Waals surface area contributed by atoms with Crippen molar-refractivity contribution in [2.75, 3.05) is 19.8 Å². The van der Waals surface area contributed by atoms with Gasteiger partial charge >= 0.3 is 6.09 Å². The second-order valence-electron chi connectivity index (χ2n) is 8.55. The normalized spacial score (nSPS) is 17.9. The number of nitrogens with zero attached hydrogens (tertiary/aromatic N) is 1. The lowest BCUT2D eigenvalue weighted by atomic mass is 10.0. The van der Waals surface area contributed by atoms with Crippen LogP contribution in [0.2, 0.25) is 0 Å². The van der Waals surface area contributed by atoms with Gasteiger partial charge in [0.2, 0.25) is 11.8 Å². The Kier molecular flexibility index (Phi) is 7.15. The van der Waals surface area contributed by atoms with Crippen LogP contribution in [0.3, 0.4) is 0 Å². The van der Waals surface area contributed by atoms with Crippen molar-refractivity contribution in [1.29, 1.82) is 0 Å². The molecule has 3 rings (SSSR count). The monoisotopic (exact) mass is 441 g/mol. The van der Waals surface area contributed by atoms with Crippen LogP contribution in [0.1, 0.15) is 55.1 Å². The van der Waals surface area contributed by atoms with Gasteiger partial charge in [0, 0.05) is 30.6 Å². The summed E-state index contributed by atoms with van der Waals surface area (Å²) in [6.45, 7) is 6.48. The van der Waals surface area contributed by atoms with E-state index in [1.807, 2.05) is 6.07 Å². The third-order valence-electron chi connectivity index (χ3n) is 4.85. The highest BCUT2D eigenvalue weighted by Gasteiger charge is 2.38. The second kappa shape index (κ2) is 9.83. The zero-order valence-corrected chi connectivity index (χ0v) is 18.4. The molecule has 1 aromatic rings. The number of ether oxygens (including phenoxy) is 2. The molecule has 1 unspecified atom stereocenters. The molecule has 0 radical (unpaired) electrons. The van der Waals surface area contributed by atoms with Gasteiger partial charge in [0.1, 0.15) is 18.2 Å². The minimum Gasteiger partial charge on any atom is -0.444 e. The maximum atomic E-state index is 12.7. The van der Waals surface area contributed by atoms with E-state index in [0.717, 1.165) is 11.1 Å². The van der Waals surface area contributed by atoms with Gasteiger partial charge < -0.3 is 19.7 Å². The smallest absolute Gasteiger partial charge is 0.407 e. The SMILES string of the molecule is CC(C)(C)OC(=O)NCCOCC#Cc1ccc2c(c1)CN(C1CCC(=O)NC1=O)C2=O. The first-order valence-corrected chi connectivity index (χ1v) is 10.4. The number of carbonyl (C=O) groups is 4. The highest BCUT2D eigenvalue weighted by atomic mass is 16.6. The minimum absolute atomic E-state index is 0.189. The second-order valence-corrected chi connectivity index (χ2v) is 8.55. The highest BCUT2D eigenvalue weighted by Crippen LogP contribution is 2.28. The van der Waals surface area contributed by atoms with Crippen LogP contribution < -0.4 is 10.6 Å². The summed E-state index contributed by atoms with van der Waals surface area (Å²) in [4.78, 5) is 49.2. The van der Waals surface area contributed by atoms with Crippen molar-refractivity contribution in [2.45, 2.75) is 51.8 Å². The molecule has 1 saturated heterocycles. The Labute approximate surface area is 186 Å². The molecule has 2 aliphatic rings. The number of hydrogen-bond donors (Lipinski definition) is 2. The van der Waals surface area contributed by atoms with Gasteiger partial charge in [-0.05, 0) is 51.0 Å². The molecule has 2 heterocycles. The van der Waals surface area contributed by atoms with Gasteiger partial charge in [0.25, 0.3) is 5.91 Å². The number of amides is 4.